The van der Waals surface area contributed by atoms with Crippen LogP contribution >= 0.6 is 0 Å². The average Bonchev–Trinajstić information content (AvgIpc) is 3.27. The predicted octanol–water partition coefficient (Wildman–Crippen LogP) is 13.2. The van der Waals surface area contributed by atoms with Gasteiger partial charge in [0.1, 0.15) is 22.5 Å². The van der Waals surface area contributed by atoms with E-state index in [0.717, 1.165) is 49.7 Å². The number of ether oxygens (including phenoxy) is 2. The zero-order valence-corrected chi connectivity index (χ0v) is 33.9. The minimum atomic E-state index is -0.903. The molecule has 0 fully saturated rings. The molecule has 7 rings (SSSR count). The third-order valence-corrected chi connectivity index (χ3v) is 11.4. The van der Waals surface area contributed by atoms with E-state index in [-0.39, 0.29) is 5.97 Å². The van der Waals surface area contributed by atoms with Gasteiger partial charge in [0.05, 0.1) is 0 Å². The van der Waals surface area contributed by atoms with E-state index in [4.69, 9.17) is 9.47 Å². The van der Waals surface area contributed by atoms with Crippen LogP contribution < -0.4 is 4.74 Å². The van der Waals surface area contributed by atoms with Crippen molar-refractivity contribution in [2.75, 3.05) is 0 Å². The second kappa shape index (κ2) is 19.3. The van der Waals surface area contributed by atoms with Gasteiger partial charge in [0.25, 0.3) is 0 Å². The van der Waals surface area contributed by atoms with Gasteiger partial charge in [0, 0.05) is 0 Å². The molecule has 58 heavy (non-hydrogen) atoms. The number of benzene rings is 7. The number of rotatable bonds is 18. The predicted molar refractivity (Wildman–Crippen MR) is 237 cm³/mol. The Morgan fingerprint density at radius 1 is 0.414 bits per heavy atom. The van der Waals surface area contributed by atoms with Crippen molar-refractivity contribution in [2.45, 2.75) is 76.4 Å². The van der Waals surface area contributed by atoms with Crippen LogP contribution in [0.3, 0.4) is 0 Å². The summed E-state index contributed by atoms with van der Waals surface area (Å²) in [5.74, 6) is 0.137. The number of aryl methyl sites for hydroxylation is 6. The normalized spacial score (nSPS) is 13.2. The summed E-state index contributed by atoms with van der Waals surface area (Å²) in [5, 5.41) is 0. The first-order valence-electron chi connectivity index (χ1n) is 20.7. The van der Waals surface area contributed by atoms with Gasteiger partial charge in [-0.2, -0.15) is 0 Å². The molecule has 0 saturated heterocycles. The van der Waals surface area contributed by atoms with E-state index >= 15 is 4.79 Å². The molecule has 7 aromatic carbocycles. The Kier molecular flexibility index (Phi) is 13.3. The Morgan fingerprint density at radius 3 is 1.28 bits per heavy atom. The summed E-state index contributed by atoms with van der Waals surface area (Å²) in [6.07, 6.45) is 5.83. The molecular formula is C55H54O3. The van der Waals surface area contributed by atoms with Gasteiger partial charge in [-0.05, 0) is 111 Å². The quantitative estimate of drug-likeness (QED) is 0.0817. The molecule has 0 spiro atoms. The van der Waals surface area contributed by atoms with E-state index in [1.54, 1.807) is 0 Å². The molecule has 0 aliphatic heterocycles. The van der Waals surface area contributed by atoms with E-state index in [2.05, 4.69) is 153 Å². The van der Waals surface area contributed by atoms with Crippen molar-refractivity contribution >= 4 is 5.97 Å². The Hall–Kier alpha value is -6.19. The lowest BCUT2D eigenvalue weighted by Crippen LogP contribution is -2.36. The van der Waals surface area contributed by atoms with Crippen LogP contribution in [0.15, 0.2) is 194 Å². The number of para-hydroxylation sites is 1. The van der Waals surface area contributed by atoms with Crippen molar-refractivity contribution in [2.24, 2.45) is 0 Å². The van der Waals surface area contributed by atoms with Crippen LogP contribution in [0.5, 0.6) is 5.75 Å². The molecule has 0 radical (unpaired) electrons. The number of esters is 1. The second-order valence-corrected chi connectivity index (χ2v) is 15.7. The first-order valence-corrected chi connectivity index (χ1v) is 20.7. The number of carbonyl (C=O) groups excluding carboxylic acids is 1. The molecule has 0 aliphatic rings. The molecule has 3 nitrogen and oxygen atoms in total. The molecule has 2 atom stereocenters. The SMILES string of the molecule is Cc1cccc(CCC(CCc2ccccc2)(OC(=O)c2ccccc2OC(CCc2ccccc2)(CCc2cccc(C)c2)c2ccccc2)c2ccccc2)c1. The summed E-state index contributed by atoms with van der Waals surface area (Å²) in [4.78, 5) is 15.0. The smallest absolute Gasteiger partial charge is 0.342 e. The summed E-state index contributed by atoms with van der Waals surface area (Å²) in [5.41, 5.74) is 8.23. The van der Waals surface area contributed by atoms with Crippen molar-refractivity contribution < 1.29 is 14.3 Å². The van der Waals surface area contributed by atoms with Crippen molar-refractivity contribution in [3.63, 3.8) is 0 Å². The highest BCUT2D eigenvalue weighted by atomic mass is 16.6. The van der Waals surface area contributed by atoms with Crippen LogP contribution in [0.1, 0.15) is 80.5 Å². The van der Waals surface area contributed by atoms with Gasteiger partial charge in [0.15, 0.2) is 0 Å². The standard InChI is InChI=1S/C55H54O3/c1-43-19-17-25-47(41-43)35-39-54(49-27-11-5-12-28-49,37-33-45-21-7-3-8-22-45)57-52-32-16-15-31-51(52)53(56)58-55(50-29-13-6-14-30-50,38-34-46-23-9-4-10-24-46)40-36-48-26-18-20-44(2)42-48/h3-32,41-42H,33-40H2,1-2H3. The molecule has 292 valence electrons. The van der Waals surface area contributed by atoms with Gasteiger partial charge < -0.3 is 9.47 Å². The van der Waals surface area contributed by atoms with E-state index in [0.29, 0.717) is 24.2 Å². The summed E-state index contributed by atoms with van der Waals surface area (Å²) in [6, 6.07) is 66.9. The summed E-state index contributed by atoms with van der Waals surface area (Å²) in [7, 11) is 0. The highest BCUT2D eigenvalue weighted by Gasteiger charge is 2.39. The molecule has 3 heteroatoms. The molecule has 0 amide bonds. The lowest BCUT2D eigenvalue weighted by Gasteiger charge is -2.37. The van der Waals surface area contributed by atoms with Crippen LogP contribution in [0.2, 0.25) is 0 Å². The van der Waals surface area contributed by atoms with Crippen LogP contribution in [-0.2, 0) is 41.6 Å². The van der Waals surface area contributed by atoms with Crippen LogP contribution in [-0.4, -0.2) is 5.97 Å². The third kappa shape index (κ3) is 10.4. The van der Waals surface area contributed by atoms with Gasteiger partial charge in [-0.15, -0.1) is 0 Å². The largest absolute Gasteiger partial charge is 0.482 e. The number of hydrogen-bond donors (Lipinski definition) is 0. The Balaban J connectivity index is 1.27. The minimum absolute atomic E-state index is 0.388. The fraction of sp³-hybridized carbons (Fsp3) is 0.218. The van der Waals surface area contributed by atoms with Crippen molar-refractivity contribution in [3.8, 4) is 5.75 Å². The van der Waals surface area contributed by atoms with Crippen molar-refractivity contribution in [1.29, 1.82) is 0 Å². The Labute approximate surface area is 345 Å². The lowest BCUT2D eigenvalue weighted by atomic mass is 9.82. The van der Waals surface area contributed by atoms with E-state index in [9.17, 15) is 0 Å². The van der Waals surface area contributed by atoms with E-state index in [1.807, 2.05) is 54.6 Å². The molecule has 0 N–H and O–H groups in total. The zero-order chi connectivity index (χ0) is 40.0. The molecule has 0 aromatic heterocycles. The minimum Gasteiger partial charge on any atom is -0.482 e. The molecule has 0 aliphatic carbocycles. The topological polar surface area (TPSA) is 35.5 Å². The van der Waals surface area contributed by atoms with Gasteiger partial charge in [0.2, 0.25) is 0 Å². The maximum absolute atomic E-state index is 15.0. The van der Waals surface area contributed by atoms with Gasteiger partial charge in [-0.3, -0.25) is 0 Å². The highest BCUT2D eigenvalue weighted by molar-refractivity contribution is 5.93. The van der Waals surface area contributed by atoms with E-state index < -0.39 is 11.2 Å². The van der Waals surface area contributed by atoms with Crippen molar-refractivity contribution in [1.82, 2.24) is 0 Å². The first kappa shape index (κ1) is 40.0. The number of carbonyl (C=O) groups is 1. The lowest BCUT2D eigenvalue weighted by molar-refractivity contribution is -0.0321. The number of hydrogen-bond acceptors (Lipinski definition) is 3. The maximum Gasteiger partial charge on any atom is 0.342 e. The Bertz CT molecular complexity index is 2340. The van der Waals surface area contributed by atoms with Gasteiger partial charge in [-0.25, -0.2) is 4.79 Å². The Morgan fingerprint density at radius 2 is 0.793 bits per heavy atom. The van der Waals surface area contributed by atoms with Crippen LogP contribution in [0.25, 0.3) is 0 Å². The second-order valence-electron chi connectivity index (χ2n) is 15.7. The molecule has 0 saturated carbocycles. The molecular weight excluding hydrogens is 709 g/mol. The van der Waals surface area contributed by atoms with Gasteiger partial charge >= 0.3 is 5.97 Å². The van der Waals surface area contributed by atoms with Crippen LogP contribution in [0.4, 0.5) is 0 Å². The molecule has 2 unspecified atom stereocenters. The van der Waals surface area contributed by atoms with Crippen molar-refractivity contribution in [3.05, 3.63) is 244 Å². The third-order valence-electron chi connectivity index (χ3n) is 11.4. The van der Waals surface area contributed by atoms with Crippen LogP contribution in [0, 0.1) is 13.8 Å². The summed E-state index contributed by atoms with van der Waals surface area (Å²) >= 11 is 0. The van der Waals surface area contributed by atoms with E-state index in [1.165, 1.54) is 33.4 Å². The fourth-order valence-electron chi connectivity index (χ4n) is 8.21. The molecule has 7 aromatic rings. The van der Waals surface area contributed by atoms with Gasteiger partial charge in [-0.1, -0.05) is 193 Å². The average molecular weight is 763 g/mol. The summed E-state index contributed by atoms with van der Waals surface area (Å²) < 4.78 is 14.4. The summed E-state index contributed by atoms with van der Waals surface area (Å²) in [6.45, 7) is 4.26. The molecule has 0 bridgehead atoms. The maximum atomic E-state index is 15.0. The molecule has 0 heterocycles. The highest BCUT2D eigenvalue weighted by Crippen LogP contribution is 2.41. The monoisotopic (exact) mass is 762 g/mol. The first-order chi connectivity index (χ1) is 28.4. The zero-order valence-electron chi connectivity index (χ0n) is 33.9. The fourth-order valence-corrected chi connectivity index (χ4v) is 8.21.